The highest BCUT2D eigenvalue weighted by atomic mass is 16.4. The third-order valence-electron chi connectivity index (χ3n) is 3.60. The zero-order chi connectivity index (χ0) is 14.4. The van der Waals surface area contributed by atoms with Crippen molar-refractivity contribution in [1.82, 2.24) is 10.2 Å². The molecule has 1 saturated heterocycles. The molecule has 0 aromatic heterocycles. The van der Waals surface area contributed by atoms with E-state index in [2.05, 4.69) is 19.2 Å². The molecular weight excluding hydrogens is 244 g/mol. The first-order valence-electron chi connectivity index (χ1n) is 7.21. The first-order valence-corrected chi connectivity index (χ1v) is 7.21. The van der Waals surface area contributed by atoms with E-state index < -0.39 is 12.0 Å². The van der Waals surface area contributed by atoms with Crippen molar-refractivity contribution in [2.75, 3.05) is 6.54 Å². The van der Waals surface area contributed by atoms with Crippen LogP contribution in [0.4, 0.5) is 4.79 Å². The Kier molecular flexibility index (Phi) is 6.12. The second kappa shape index (κ2) is 7.36. The molecule has 0 aromatic rings. The molecule has 1 aliphatic rings. The number of aliphatic carboxylic acids is 1. The Labute approximate surface area is 115 Å². The van der Waals surface area contributed by atoms with Gasteiger partial charge in [0.05, 0.1) is 0 Å². The Bertz CT molecular complexity index is 318. The van der Waals surface area contributed by atoms with Crippen LogP contribution in [0.25, 0.3) is 0 Å². The van der Waals surface area contributed by atoms with Crippen molar-refractivity contribution in [3.8, 4) is 0 Å². The highest BCUT2D eigenvalue weighted by molar-refractivity contribution is 5.83. The summed E-state index contributed by atoms with van der Waals surface area (Å²) in [6.45, 7) is 6.82. The average Bonchev–Trinajstić information content (AvgIpc) is 2.36. The minimum absolute atomic E-state index is 0.0891. The molecule has 0 aromatic carbocycles. The summed E-state index contributed by atoms with van der Waals surface area (Å²) in [6, 6.07) is -0.805. The van der Waals surface area contributed by atoms with E-state index in [0.717, 1.165) is 25.7 Å². The van der Waals surface area contributed by atoms with Crippen molar-refractivity contribution in [2.24, 2.45) is 5.92 Å². The lowest BCUT2D eigenvalue weighted by atomic mass is 10.0. The van der Waals surface area contributed by atoms with Gasteiger partial charge in [-0.25, -0.2) is 9.59 Å². The van der Waals surface area contributed by atoms with Crippen LogP contribution in [0.2, 0.25) is 0 Å². The van der Waals surface area contributed by atoms with Gasteiger partial charge < -0.3 is 15.3 Å². The topological polar surface area (TPSA) is 69.6 Å². The SMILES string of the molecule is CC(C)CCC(C)NC(=O)N1CCCCC1C(=O)O. The van der Waals surface area contributed by atoms with E-state index in [1.807, 2.05) is 6.92 Å². The largest absolute Gasteiger partial charge is 0.480 e. The molecule has 110 valence electrons. The van der Waals surface area contributed by atoms with Gasteiger partial charge in [-0.2, -0.15) is 0 Å². The predicted octanol–water partition coefficient (Wildman–Crippen LogP) is 2.46. The summed E-state index contributed by atoms with van der Waals surface area (Å²) in [4.78, 5) is 24.7. The van der Waals surface area contributed by atoms with Gasteiger partial charge in [0.15, 0.2) is 0 Å². The number of nitrogens with one attached hydrogen (secondary N) is 1. The maximum atomic E-state index is 12.1. The van der Waals surface area contributed by atoms with Crippen molar-refractivity contribution in [3.05, 3.63) is 0 Å². The summed E-state index contributed by atoms with van der Waals surface area (Å²) in [6.07, 6.45) is 4.31. The number of carbonyl (C=O) groups is 2. The standard InChI is InChI=1S/C14H26N2O3/c1-10(2)7-8-11(3)15-14(19)16-9-5-4-6-12(16)13(17)18/h10-12H,4-9H2,1-3H3,(H,15,19)(H,17,18). The fourth-order valence-corrected chi connectivity index (χ4v) is 2.38. The van der Waals surface area contributed by atoms with Crippen molar-refractivity contribution in [1.29, 1.82) is 0 Å². The number of amides is 2. The molecule has 0 bridgehead atoms. The predicted molar refractivity (Wildman–Crippen MR) is 74.0 cm³/mol. The molecule has 1 aliphatic heterocycles. The Hall–Kier alpha value is -1.26. The zero-order valence-corrected chi connectivity index (χ0v) is 12.2. The van der Waals surface area contributed by atoms with Gasteiger partial charge in [-0.1, -0.05) is 13.8 Å². The summed E-state index contributed by atoms with van der Waals surface area (Å²) in [7, 11) is 0. The normalized spacial score (nSPS) is 21.3. The van der Waals surface area contributed by atoms with Gasteiger partial charge in [-0.15, -0.1) is 0 Å². The van der Waals surface area contributed by atoms with E-state index in [1.165, 1.54) is 4.90 Å². The smallest absolute Gasteiger partial charge is 0.326 e. The lowest BCUT2D eigenvalue weighted by molar-refractivity contribution is -0.143. The molecule has 1 fully saturated rings. The molecule has 0 saturated carbocycles. The monoisotopic (exact) mass is 270 g/mol. The second-order valence-corrected chi connectivity index (χ2v) is 5.86. The van der Waals surface area contributed by atoms with Crippen LogP contribution in [0.5, 0.6) is 0 Å². The van der Waals surface area contributed by atoms with Crippen LogP contribution in [0.1, 0.15) is 52.9 Å². The third kappa shape index (κ3) is 5.09. The van der Waals surface area contributed by atoms with Gasteiger partial charge in [0, 0.05) is 12.6 Å². The first kappa shape index (κ1) is 15.8. The van der Waals surface area contributed by atoms with Gasteiger partial charge in [0.25, 0.3) is 0 Å². The quantitative estimate of drug-likeness (QED) is 0.806. The minimum Gasteiger partial charge on any atom is -0.480 e. The van der Waals surface area contributed by atoms with Crippen LogP contribution in [-0.4, -0.2) is 40.6 Å². The van der Waals surface area contributed by atoms with Crippen molar-refractivity contribution >= 4 is 12.0 Å². The number of carbonyl (C=O) groups excluding carboxylic acids is 1. The molecule has 1 rings (SSSR count). The zero-order valence-electron chi connectivity index (χ0n) is 12.2. The minimum atomic E-state index is -0.898. The van der Waals surface area contributed by atoms with E-state index in [1.54, 1.807) is 0 Å². The third-order valence-corrected chi connectivity index (χ3v) is 3.60. The first-order chi connectivity index (χ1) is 8.91. The molecule has 5 heteroatoms. The van der Waals surface area contributed by atoms with Gasteiger partial charge in [0.1, 0.15) is 6.04 Å². The van der Waals surface area contributed by atoms with Gasteiger partial charge in [-0.3, -0.25) is 0 Å². The van der Waals surface area contributed by atoms with E-state index in [4.69, 9.17) is 5.11 Å². The summed E-state index contributed by atoms with van der Waals surface area (Å²) in [5.41, 5.74) is 0. The van der Waals surface area contributed by atoms with Crippen molar-refractivity contribution < 1.29 is 14.7 Å². The maximum Gasteiger partial charge on any atom is 0.326 e. The van der Waals surface area contributed by atoms with Crippen molar-refractivity contribution in [2.45, 2.75) is 65.0 Å². The summed E-state index contributed by atoms with van der Waals surface area (Å²) < 4.78 is 0. The number of carboxylic acids is 1. The number of hydrogen-bond donors (Lipinski definition) is 2. The maximum absolute atomic E-state index is 12.1. The number of nitrogens with zero attached hydrogens (tertiary/aromatic N) is 1. The Morgan fingerprint density at radius 2 is 1.95 bits per heavy atom. The summed E-state index contributed by atoms with van der Waals surface area (Å²) in [5, 5.41) is 12.1. The van der Waals surface area contributed by atoms with E-state index in [0.29, 0.717) is 18.9 Å². The van der Waals surface area contributed by atoms with E-state index >= 15 is 0 Å². The number of urea groups is 1. The number of carboxylic acid groups (broad SMARTS) is 1. The Morgan fingerprint density at radius 3 is 2.53 bits per heavy atom. The number of hydrogen-bond acceptors (Lipinski definition) is 2. The van der Waals surface area contributed by atoms with Crippen LogP contribution >= 0.6 is 0 Å². The van der Waals surface area contributed by atoms with Gasteiger partial charge >= 0.3 is 12.0 Å². The molecular formula is C14H26N2O3. The number of piperidine rings is 1. The molecule has 0 aliphatic carbocycles. The number of rotatable bonds is 5. The molecule has 19 heavy (non-hydrogen) atoms. The lowest BCUT2D eigenvalue weighted by Gasteiger charge is -2.33. The molecule has 2 atom stereocenters. The van der Waals surface area contributed by atoms with E-state index in [-0.39, 0.29) is 12.1 Å². The highest BCUT2D eigenvalue weighted by Gasteiger charge is 2.32. The fourth-order valence-electron chi connectivity index (χ4n) is 2.38. The van der Waals surface area contributed by atoms with Crippen LogP contribution in [-0.2, 0) is 4.79 Å². The van der Waals surface area contributed by atoms with Crippen LogP contribution in [0.15, 0.2) is 0 Å². The molecule has 2 amide bonds. The van der Waals surface area contributed by atoms with E-state index in [9.17, 15) is 9.59 Å². The average molecular weight is 270 g/mol. The Morgan fingerprint density at radius 1 is 1.26 bits per heavy atom. The fraction of sp³-hybridized carbons (Fsp3) is 0.857. The second-order valence-electron chi connectivity index (χ2n) is 5.86. The molecule has 5 nitrogen and oxygen atoms in total. The van der Waals surface area contributed by atoms with Gasteiger partial charge in [0.2, 0.25) is 0 Å². The highest BCUT2D eigenvalue weighted by Crippen LogP contribution is 2.17. The van der Waals surface area contributed by atoms with Gasteiger partial charge in [-0.05, 0) is 44.9 Å². The number of likely N-dealkylation sites (tertiary alicyclic amines) is 1. The van der Waals surface area contributed by atoms with Crippen molar-refractivity contribution in [3.63, 3.8) is 0 Å². The van der Waals surface area contributed by atoms with Crippen LogP contribution in [0, 0.1) is 5.92 Å². The van der Waals surface area contributed by atoms with Crippen LogP contribution in [0.3, 0.4) is 0 Å². The molecule has 2 N–H and O–H groups in total. The molecule has 2 unspecified atom stereocenters. The summed E-state index contributed by atoms with van der Waals surface area (Å²) >= 11 is 0. The molecule has 1 heterocycles. The van der Waals surface area contributed by atoms with Crippen LogP contribution < -0.4 is 5.32 Å². The molecule has 0 spiro atoms. The lowest BCUT2D eigenvalue weighted by Crippen LogP contribution is -2.53. The Balaban J connectivity index is 2.48. The molecule has 0 radical (unpaired) electrons. The summed E-state index contributed by atoms with van der Waals surface area (Å²) in [5.74, 6) is -0.286.